The summed E-state index contributed by atoms with van der Waals surface area (Å²) in [4.78, 5) is 0. The van der Waals surface area contributed by atoms with Gasteiger partial charge in [0.2, 0.25) is 0 Å². The van der Waals surface area contributed by atoms with Gasteiger partial charge in [-0.3, -0.25) is 0 Å². The molecule has 0 saturated heterocycles. The van der Waals surface area contributed by atoms with Gasteiger partial charge in [0.05, 0.1) is 12.6 Å². The molecule has 1 aromatic carbocycles. The maximum atomic E-state index is 5.15. The Morgan fingerprint density at radius 2 is 2.25 bits per heavy atom. The van der Waals surface area contributed by atoms with E-state index in [-0.39, 0.29) is 6.04 Å². The van der Waals surface area contributed by atoms with E-state index in [1.807, 2.05) is 6.08 Å². The van der Waals surface area contributed by atoms with Gasteiger partial charge in [-0.05, 0) is 24.5 Å². The van der Waals surface area contributed by atoms with Crippen molar-refractivity contribution in [2.24, 2.45) is 0 Å². The summed E-state index contributed by atoms with van der Waals surface area (Å²) in [5.74, 6) is 0. The van der Waals surface area contributed by atoms with E-state index < -0.39 is 0 Å². The predicted octanol–water partition coefficient (Wildman–Crippen LogP) is 3.17. The molecule has 0 saturated carbocycles. The molecule has 0 aliphatic heterocycles. The summed E-state index contributed by atoms with van der Waals surface area (Å²) >= 11 is 0. The van der Waals surface area contributed by atoms with Crippen molar-refractivity contribution in [1.29, 1.82) is 0 Å². The Morgan fingerprint density at radius 1 is 1.50 bits per heavy atom. The lowest BCUT2D eigenvalue weighted by Crippen LogP contribution is -2.23. The molecule has 1 rings (SSSR count). The van der Waals surface area contributed by atoms with Gasteiger partial charge in [0.1, 0.15) is 0 Å². The van der Waals surface area contributed by atoms with Crippen LogP contribution in [0.25, 0.3) is 0 Å². The van der Waals surface area contributed by atoms with Crippen LogP contribution in [0.15, 0.2) is 30.9 Å². The molecular formula is C14H21NO. The van der Waals surface area contributed by atoms with Crippen LogP contribution in [-0.4, -0.2) is 19.8 Å². The van der Waals surface area contributed by atoms with Crippen LogP contribution in [0.4, 0.5) is 5.69 Å². The average molecular weight is 219 g/mol. The van der Waals surface area contributed by atoms with E-state index in [0.717, 1.165) is 6.42 Å². The maximum Gasteiger partial charge on any atom is 0.0700 e. The molecule has 1 atom stereocenters. The molecule has 1 N–H and O–H groups in total. The third-order valence-corrected chi connectivity index (χ3v) is 2.70. The predicted molar refractivity (Wildman–Crippen MR) is 70.0 cm³/mol. The molecule has 0 spiro atoms. The van der Waals surface area contributed by atoms with Crippen LogP contribution >= 0.6 is 0 Å². The molecular weight excluding hydrogens is 198 g/mol. The van der Waals surface area contributed by atoms with Crippen molar-refractivity contribution >= 4 is 5.69 Å². The van der Waals surface area contributed by atoms with Gasteiger partial charge in [-0.2, -0.15) is 0 Å². The summed E-state index contributed by atoms with van der Waals surface area (Å²) in [5.41, 5.74) is 3.82. The van der Waals surface area contributed by atoms with Gasteiger partial charge in [0.25, 0.3) is 0 Å². The Morgan fingerprint density at radius 3 is 2.81 bits per heavy atom. The van der Waals surface area contributed by atoms with Crippen molar-refractivity contribution < 1.29 is 4.74 Å². The van der Waals surface area contributed by atoms with E-state index in [9.17, 15) is 0 Å². The van der Waals surface area contributed by atoms with Crippen molar-refractivity contribution in [2.75, 3.05) is 19.0 Å². The van der Waals surface area contributed by atoms with Gasteiger partial charge in [-0.25, -0.2) is 0 Å². The third-order valence-electron chi connectivity index (χ3n) is 2.70. The van der Waals surface area contributed by atoms with Crippen LogP contribution in [0.1, 0.15) is 18.1 Å². The summed E-state index contributed by atoms with van der Waals surface area (Å²) in [6, 6.07) is 6.53. The number of ether oxygens (including phenoxy) is 1. The van der Waals surface area contributed by atoms with Crippen molar-refractivity contribution in [2.45, 2.75) is 26.3 Å². The number of anilines is 1. The first-order valence-electron chi connectivity index (χ1n) is 5.69. The summed E-state index contributed by atoms with van der Waals surface area (Å²) in [6.45, 7) is 8.74. The molecule has 0 aliphatic carbocycles. The lowest BCUT2D eigenvalue weighted by atomic mass is 10.1. The molecule has 1 unspecified atom stereocenters. The normalized spacial score (nSPS) is 12.2. The molecule has 16 heavy (non-hydrogen) atoms. The fourth-order valence-corrected chi connectivity index (χ4v) is 1.76. The highest BCUT2D eigenvalue weighted by atomic mass is 16.5. The lowest BCUT2D eigenvalue weighted by Gasteiger charge is -2.19. The lowest BCUT2D eigenvalue weighted by molar-refractivity contribution is 0.196. The molecule has 0 aliphatic rings. The summed E-state index contributed by atoms with van der Waals surface area (Å²) in [5, 5.41) is 3.47. The molecule has 0 bridgehead atoms. The number of para-hydroxylation sites is 1. The Kier molecular flexibility index (Phi) is 5.06. The van der Waals surface area contributed by atoms with Gasteiger partial charge in [-0.1, -0.05) is 31.2 Å². The molecule has 1 aromatic rings. The first-order valence-corrected chi connectivity index (χ1v) is 5.69. The highest BCUT2D eigenvalue weighted by molar-refractivity contribution is 5.58. The maximum absolute atomic E-state index is 5.15. The standard InChI is InChI=1S/C14H21NO/c1-5-12-9-7-8-11(3)14(12)15-13(6-2)10-16-4/h6-9,13,15H,2,5,10H2,1,3-4H3. The summed E-state index contributed by atoms with van der Waals surface area (Å²) < 4.78 is 5.15. The van der Waals surface area contributed by atoms with Gasteiger partial charge < -0.3 is 10.1 Å². The van der Waals surface area contributed by atoms with E-state index in [4.69, 9.17) is 4.74 Å². The smallest absolute Gasteiger partial charge is 0.0700 e. The molecule has 0 fully saturated rings. The number of nitrogens with one attached hydrogen (secondary N) is 1. The Bertz CT molecular complexity index is 347. The first kappa shape index (κ1) is 12.8. The van der Waals surface area contributed by atoms with Gasteiger partial charge in [0.15, 0.2) is 0 Å². The highest BCUT2D eigenvalue weighted by Gasteiger charge is 2.08. The van der Waals surface area contributed by atoms with Crippen LogP contribution in [-0.2, 0) is 11.2 Å². The Balaban J connectivity index is 2.89. The second-order valence-corrected chi connectivity index (χ2v) is 3.90. The fourth-order valence-electron chi connectivity index (χ4n) is 1.76. The second kappa shape index (κ2) is 6.33. The molecule has 0 amide bonds. The van der Waals surface area contributed by atoms with E-state index in [1.165, 1.54) is 16.8 Å². The van der Waals surface area contributed by atoms with E-state index >= 15 is 0 Å². The van der Waals surface area contributed by atoms with Crippen LogP contribution in [0, 0.1) is 6.92 Å². The minimum atomic E-state index is 0.163. The minimum absolute atomic E-state index is 0.163. The SMILES string of the molecule is C=CC(COC)Nc1c(C)cccc1CC. The molecule has 0 aromatic heterocycles. The number of rotatable bonds is 6. The zero-order valence-corrected chi connectivity index (χ0v) is 10.4. The summed E-state index contributed by atoms with van der Waals surface area (Å²) in [6.07, 6.45) is 2.91. The Labute approximate surface area is 98.3 Å². The van der Waals surface area contributed by atoms with Crippen LogP contribution in [0.3, 0.4) is 0 Å². The van der Waals surface area contributed by atoms with Crippen LogP contribution < -0.4 is 5.32 Å². The largest absolute Gasteiger partial charge is 0.382 e. The average Bonchev–Trinajstić information content (AvgIpc) is 2.30. The van der Waals surface area contributed by atoms with Gasteiger partial charge in [-0.15, -0.1) is 6.58 Å². The number of hydrogen-bond donors (Lipinski definition) is 1. The molecule has 0 radical (unpaired) electrons. The van der Waals surface area contributed by atoms with E-state index in [0.29, 0.717) is 6.61 Å². The van der Waals surface area contributed by atoms with Crippen molar-refractivity contribution in [1.82, 2.24) is 0 Å². The molecule has 2 heteroatoms. The Hall–Kier alpha value is -1.28. The van der Waals surface area contributed by atoms with Crippen LogP contribution in [0.5, 0.6) is 0 Å². The van der Waals surface area contributed by atoms with Gasteiger partial charge >= 0.3 is 0 Å². The first-order chi connectivity index (χ1) is 7.72. The quantitative estimate of drug-likeness (QED) is 0.742. The van der Waals surface area contributed by atoms with Gasteiger partial charge in [0, 0.05) is 12.8 Å². The van der Waals surface area contributed by atoms with Crippen molar-refractivity contribution in [3.63, 3.8) is 0 Å². The zero-order valence-electron chi connectivity index (χ0n) is 10.4. The van der Waals surface area contributed by atoms with E-state index in [1.54, 1.807) is 7.11 Å². The monoisotopic (exact) mass is 219 g/mol. The van der Waals surface area contributed by atoms with E-state index in [2.05, 4.69) is 43.9 Å². The fraction of sp³-hybridized carbons (Fsp3) is 0.429. The van der Waals surface area contributed by atoms with Crippen LogP contribution in [0.2, 0.25) is 0 Å². The number of benzene rings is 1. The van der Waals surface area contributed by atoms with Crippen molar-refractivity contribution in [3.05, 3.63) is 42.0 Å². The number of methoxy groups -OCH3 is 1. The molecule has 88 valence electrons. The number of hydrogen-bond acceptors (Lipinski definition) is 2. The molecule has 2 nitrogen and oxygen atoms in total. The topological polar surface area (TPSA) is 21.3 Å². The number of aryl methyl sites for hydroxylation is 2. The molecule has 0 heterocycles. The zero-order chi connectivity index (χ0) is 12.0. The second-order valence-electron chi connectivity index (χ2n) is 3.90. The summed E-state index contributed by atoms with van der Waals surface area (Å²) in [7, 11) is 1.71. The van der Waals surface area contributed by atoms with Crippen molar-refractivity contribution in [3.8, 4) is 0 Å². The third kappa shape index (κ3) is 3.11. The minimum Gasteiger partial charge on any atom is -0.382 e. The highest BCUT2D eigenvalue weighted by Crippen LogP contribution is 2.22.